The Morgan fingerprint density at radius 2 is 1.86 bits per heavy atom. The van der Waals surface area contributed by atoms with Gasteiger partial charge in [0.15, 0.2) is 5.13 Å². The number of rotatable bonds is 5. The number of hydrogen-bond donors (Lipinski definition) is 1. The van der Waals surface area contributed by atoms with Crippen molar-refractivity contribution in [2.45, 2.75) is 0 Å². The quantitative estimate of drug-likeness (QED) is 0.433. The van der Waals surface area contributed by atoms with Crippen LogP contribution in [0.3, 0.4) is 0 Å². The summed E-state index contributed by atoms with van der Waals surface area (Å²) in [5, 5.41) is 6.36. The molecule has 1 aliphatic heterocycles. The molecular weight excluding hydrogens is 415 g/mol. The van der Waals surface area contributed by atoms with E-state index in [4.69, 9.17) is 32.9 Å². The Hall–Kier alpha value is -2.12. The molecule has 4 rings (SSSR count). The Balaban J connectivity index is 1.60. The Labute approximate surface area is 177 Å². The zero-order valence-corrected chi connectivity index (χ0v) is 17.3. The third-order valence-corrected chi connectivity index (χ3v) is 6.06. The minimum absolute atomic E-state index is 0.485. The molecule has 5 nitrogen and oxygen atoms in total. The van der Waals surface area contributed by atoms with Gasteiger partial charge in [0, 0.05) is 18.7 Å². The molecule has 0 spiro atoms. The summed E-state index contributed by atoms with van der Waals surface area (Å²) in [4.78, 5) is 8.13. The number of hydrazone groups is 1. The summed E-state index contributed by atoms with van der Waals surface area (Å²) in [7, 11) is 0. The van der Waals surface area contributed by atoms with Crippen LogP contribution in [0.15, 0.2) is 53.6 Å². The molecule has 1 saturated heterocycles. The molecule has 2 heterocycles. The highest BCUT2D eigenvalue weighted by molar-refractivity contribution is 7.17. The number of thiazole rings is 1. The van der Waals surface area contributed by atoms with Crippen LogP contribution >= 0.6 is 34.5 Å². The van der Waals surface area contributed by atoms with E-state index in [1.54, 1.807) is 29.7 Å². The Morgan fingerprint density at radius 1 is 1.07 bits per heavy atom. The molecular formula is C20H18Cl2N4OS. The van der Waals surface area contributed by atoms with Crippen molar-refractivity contribution < 1.29 is 4.74 Å². The number of nitrogens with one attached hydrogen (secondary N) is 1. The molecule has 28 heavy (non-hydrogen) atoms. The highest BCUT2D eigenvalue weighted by atomic mass is 35.5. The number of morpholine rings is 1. The van der Waals surface area contributed by atoms with Crippen molar-refractivity contribution in [3.63, 3.8) is 0 Å². The summed E-state index contributed by atoms with van der Waals surface area (Å²) >= 11 is 13.6. The summed E-state index contributed by atoms with van der Waals surface area (Å²) in [5.74, 6) is 0. The van der Waals surface area contributed by atoms with Gasteiger partial charge in [0.05, 0.1) is 45.7 Å². The van der Waals surface area contributed by atoms with Crippen molar-refractivity contribution in [1.29, 1.82) is 0 Å². The highest BCUT2D eigenvalue weighted by Gasteiger charge is 2.18. The fourth-order valence-corrected chi connectivity index (χ4v) is 4.14. The molecule has 0 aliphatic carbocycles. The Bertz CT molecular complexity index is 972. The normalized spacial score (nSPS) is 14.6. The lowest BCUT2D eigenvalue weighted by Gasteiger charge is -2.26. The molecule has 3 aromatic rings. The van der Waals surface area contributed by atoms with Gasteiger partial charge in [0.1, 0.15) is 0 Å². The van der Waals surface area contributed by atoms with Gasteiger partial charge in [-0.05, 0) is 18.2 Å². The van der Waals surface area contributed by atoms with E-state index in [2.05, 4.69) is 27.6 Å². The summed E-state index contributed by atoms with van der Waals surface area (Å²) in [5.41, 5.74) is 5.76. The van der Waals surface area contributed by atoms with Gasteiger partial charge in [-0.15, -0.1) is 0 Å². The van der Waals surface area contributed by atoms with Gasteiger partial charge in [-0.2, -0.15) is 5.10 Å². The van der Waals surface area contributed by atoms with Crippen molar-refractivity contribution in [1.82, 2.24) is 4.98 Å². The van der Waals surface area contributed by atoms with E-state index < -0.39 is 0 Å². The van der Waals surface area contributed by atoms with E-state index >= 15 is 0 Å². The fourth-order valence-electron chi connectivity index (χ4n) is 2.83. The second kappa shape index (κ2) is 8.92. The first-order valence-corrected chi connectivity index (χ1v) is 10.4. The van der Waals surface area contributed by atoms with Crippen LogP contribution in [0.5, 0.6) is 0 Å². The zero-order chi connectivity index (χ0) is 19.3. The van der Waals surface area contributed by atoms with Gasteiger partial charge in [0.2, 0.25) is 0 Å². The largest absolute Gasteiger partial charge is 0.378 e. The number of ether oxygens (including phenoxy) is 1. The maximum Gasteiger partial charge on any atom is 0.186 e. The minimum Gasteiger partial charge on any atom is -0.378 e. The van der Waals surface area contributed by atoms with E-state index in [1.165, 1.54) is 0 Å². The maximum atomic E-state index is 6.06. The van der Waals surface area contributed by atoms with Crippen LogP contribution in [0, 0.1) is 0 Å². The molecule has 0 radical (unpaired) electrons. The van der Waals surface area contributed by atoms with Crippen molar-refractivity contribution in [2.24, 2.45) is 5.10 Å². The van der Waals surface area contributed by atoms with Gasteiger partial charge in [0.25, 0.3) is 0 Å². The van der Waals surface area contributed by atoms with Crippen molar-refractivity contribution in [2.75, 3.05) is 36.6 Å². The van der Waals surface area contributed by atoms with Gasteiger partial charge in [-0.25, -0.2) is 4.98 Å². The minimum atomic E-state index is 0.485. The average Bonchev–Trinajstić information content (AvgIpc) is 3.16. The molecule has 144 valence electrons. The maximum absolute atomic E-state index is 6.06. The number of benzene rings is 2. The van der Waals surface area contributed by atoms with Gasteiger partial charge in [-0.1, -0.05) is 64.9 Å². The molecule has 2 aromatic carbocycles. The molecule has 1 fully saturated rings. The zero-order valence-electron chi connectivity index (χ0n) is 14.9. The fraction of sp³-hybridized carbons (Fsp3) is 0.200. The van der Waals surface area contributed by atoms with Gasteiger partial charge < -0.3 is 9.64 Å². The number of anilines is 2. The molecule has 1 N–H and O–H groups in total. The Morgan fingerprint density at radius 3 is 2.61 bits per heavy atom. The topological polar surface area (TPSA) is 49.8 Å². The van der Waals surface area contributed by atoms with Crippen molar-refractivity contribution in [3.05, 3.63) is 63.5 Å². The van der Waals surface area contributed by atoms with Crippen molar-refractivity contribution >= 4 is 51.6 Å². The lowest BCUT2D eigenvalue weighted by atomic mass is 10.1. The summed E-state index contributed by atoms with van der Waals surface area (Å²) in [6.07, 6.45) is 1.80. The van der Waals surface area contributed by atoms with Crippen LogP contribution < -0.4 is 10.3 Å². The van der Waals surface area contributed by atoms with E-state index in [1.807, 2.05) is 24.3 Å². The third kappa shape index (κ3) is 4.47. The van der Waals surface area contributed by atoms with Crippen LogP contribution in [0.2, 0.25) is 10.0 Å². The second-order valence-corrected chi connectivity index (χ2v) is 8.00. The molecule has 0 amide bonds. The van der Waals surface area contributed by atoms with Crippen molar-refractivity contribution in [3.8, 4) is 11.3 Å². The van der Waals surface area contributed by atoms with E-state index in [-0.39, 0.29) is 0 Å². The number of aromatic nitrogens is 1. The number of halogens is 2. The molecule has 0 bridgehead atoms. The Kier molecular flexibility index (Phi) is 6.12. The van der Waals surface area contributed by atoms with Crippen LogP contribution in [-0.4, -0.2) is 37.5 Å². The summed E-state index contributed by atoms with van der Waals surface area (Å²) in [6.45, 7) is 3.14. The van der Waals surface area contributed by atoms with Crippen LogP contribution in [-0.2, 0) is 4.74 Å². The predicted molar refractivity (Wildman–Crippen MR) is 118 cm³/mol. The van der Waals surface area contributed by atoms with Crippen LogP contribution in [0.4, 0.5) is 10.8 Å². The standard InChI is InChI=1S/C20H18Cl2N4OS/c21-16-7-6-15(12-17(16)22)25-23-13-18-19(14-4-2-1-3-5-14)24-20(28-18)26-8-10-27-11-9-26/h1-7,12-13,25H,8-11H2. The highest BCUT2D eigenvalue weighted by Crippen LogP contribution is 2.32. The second-order valence-electron chi connectivity index (χ2n) is 6.17. The molecule has 1 aliphatic rings. The number of hydrogen-bond acceptors (Lipinski definition) is 6. The molecule has 1 aromatic heterocycles. The molecule has 0 unspecified atom stereocenters. The van der Waals surface area contributed by atoms with Crippen LogP contribution in [0.1, 0.15) is 4.88 Å². The first-order chi connectivity index (χ1) is 13.7. The van der Waals surface area contributed by atoms with E-state index in [0.717, 1.165) is 53.3 Å². The monoisotopic (exact) mass is 432 g/mol. The predicted octanol–water partition coefficient (Wildman–Crippen LogP) is 5.40. The third-order valence-electron chi connectivity index (χ3n) is 4.27. The van der Waals surface area contributed by atoms with E-state index in [0.29, 0.717) is 10.0 Å². The van der Waals surface area contributed by atoms with E-state index in [9.17, 15) is 0 Å². The lowest BCUT2D eigenvalue weighted by molar-refractivity contribution is 0.122. The summed E-state index contributed by atoms with van der Waals surface area (Å²) in [6, 6.07) is 15.4. The van der Waals surface area contributed by atoms with Gasteiger partial charge in [-0.3, -0.25) is 5.43 Å². The smallest absolute Gasteiger partial charge is 0.186 e. The first kappa shape index (κ1) is 19.2. The molecule has 8 heteroatoms. The first-order valence-electron chi connectivity index (χ1n) is 8.84. The molecule has 0 saturated carbocycles. The average molecular weight is 433 g/mol. The van der Waals surface area contributed by atoms with Crippen LogP contribution in [0.25, 0.3) is 11.3 Å². The lowest BCUT2D eigenvalue weighted by Crippen LogP contribution is -2.36. The van der Waals surface area contributed by atoms with Gasteiger partial charge >= 0.3 is 0 Å². The summed E-state index contributed by atoms with van der Waals surface area (Å²) < 4.78 is 5.45. The number of nitrogens with zero attached hydrogens (tertiary/aromatic N) is 3. The molecule has 0 atom stereocenters. The SMILES string of the molecule is Clc1ccc(NN=Cc2sc(N3CCOCC3)nc2-c2ccccc2)cc1Cl.